The molecule has 0 aliphatic carbocycles. The third-order valence-electron chi connectivity index (χ3n) is 2.83. The van der Waals surface area contributed by atoms with E-state index in [1.807, 2.05) is 0 Å². The summed E-state index contributed by atoms with van der Waals surface area (Å²) in [6.45, 7) is 3.60. The van der Waals surface area contributed by atoms with Gasteiger partial charge in [-0.2, -0.15) is 0 Å². The van der Waals surface area contributed by atoms with Gasteiger partial charge in [0, 0.05) is 9.79 Å². The van der Waals surface area contributed by atoms with Gasteiger partial charge in [0.1, 0.15) is 20.0 Å². The molecule has 0 atom stereocenters. The summed E-state index contributed by atoms with van der Waals surface area (Å²) in [5, 5.41) is 0. The van der Waals surface area contributed by atoms with Crippen molar-refractivity contribution in [2.75, 3.05) is 0 Å². The van der Waals surface area contributed by atoms with Crippen LogP contribution in [0, 0.1) is 13.8 Å². The molecule has 0 radical (unpaired) electrons. The van der Waals surface area contributed by atoms with Gasteiger partial charge in [-0.05, 0) is 38.1 Å². The largest absolute Gasteiger partial charge is 0.428 e. The van der Waals surface area contributed by atoms with Crippen LogP contribution in [0.3, 0.4) is 0 Å². The van der Waals surface area contributed by atoms with E-state index < -0.39 is 20.0 Å². The van der Waals surface area contributed by atoms with Crippen molar-refractivity contribution in [2.45, 2.75) is 23.6 Å². The standard InChI is InChI=1S/C14H14NO4S2/c1-11-3-7-13(8-4-11)20(16,17)15-21(18,19)14-9-5-12(2)6-10-14/h3-10H,1-2H3/q-1. The van der Waals surface area contributed by atoms with Crippen LogP contribution < -0.4 is 0 Å². The van der Waals surface area contributed by atoms with Crippen LogP contribution in [-0.2, 0) is 20.0 Å². The predicted octanol–water partition coefficient (Wildman–Crippen LogP) is 2.75. The molecule has 0 aliphatic heterocycles. The summed E-state index contributed by atoms with van der Waals surface area (Å²) in [6, 6.07) is 11.7. The molecule has 0 saturated heterocycles. The Morgan fingerprint density at radius 3 is 1.19 bits per heavy atom. The second-order valence-electron chi connectivity index (χ2n) is 4.65. The lowest BCUT2D eigenvalue weighted by Gasteiger charge is -2.21. The molecule has 0 aromatic heterocycles. The van der Waals surface area contributed by atoms with Gasteiger partial charge < -0.3 is 4.13 Å². The smallest absolute Gasteiger partial charge is 0.112 e. The third-order valence-corrected chi connectivity index (χ3v) is 6.14. The van der Waals surface area contributed by atoms with Crippen molar-refractivity contribution in [3.05, 3.63) is 63.8 Å². The molecule has 0 fully saturated rings. The Morgan fingerprint density at radius 2 is 0.905 bits per heavy atom. The van der Waals surface area contributed by atoms with Gasteiger partial charge in [0.05, 0.1) is 0 Å². The predicted molar refractivity (Wildman–Crippen MR) is 80.1 cm³/mol. The van der Waals surface area contributed by atoms with Crippen molar-refractivity contribution in [1.29, 1.82) is 0 Å². The molecule has 0 spiro atoms. The number of rotatable bonds is 4. The molecule has 0 amide bonds. The zero-order chi connectivity index (χ0) is 15.7. The van der Waals surface area contributed by atoms with E-state index in [0.717, 1.165) is 11.1 Å². The highest BCUT2D eigenvalue weighted by Gasteiger charge is 2.12. The fourth-order valence-electron chi connectivity index (χ4n) is 1.64. The number of nitrogens with zero attached hydrogens (tertiary/aromatic N) is 1. The first kappa shape index (κ1) is 15.7. The molecule has 7 heteroatoms. The normalized spacial score (nSPS) is 12.3. The van der Waals surface area contributed by atoms with Crippen LogP contribution in [0.5, 0.6) is 0 Å². The maximum atomic E-state index is 12.1. The highest BCUT2D eigenvalue weighted by Crippen LogP contribution is 2.25. The minimum absolute atomic E-state index is 0.149. The van der Waals surface area contributed by atoms with Crippen LogP contribution in [0.15, 0.2) is 58.3 Å². The summed E-state index contributed by atoms with van der Waals surface area (Å²) in [7, 11) is -8.51. The molecule has 2 rings (SSSR count). The maximum Gasteiger partial charge on any atom is 0.112 e. The molecule has 0 N–H and O–H groups in total. The number of hydrogen-bond acceptors (Lipinski definition) is 4. The van der Waals surface area contributed by atoms with Crippen molar-refractivity contribution in [3.63, 3.8) is 0 Å². The molecule has 0 aliphatic rings. The van der Waals surface area contributed by atoms with Crippen LogP contribution in [0.4, 0.5) is 0 Å². The first-order valence-electron chi connectivity index (χ1n) is 6.08. The molecule has 0 heterocycles. The Kier molecular flexibility index (Phi) is 4.18. The lowest BCUT2D eigenvalue weighted by molar-refractivity contribution is 0.595. The summed E-state index contributed by atoms with van der Waals surface area (Å²) < 4.78 is 51.3. The van der Waals surface area contributed by atoms with Crippen molar-refractivity contribution in [3.8, 4) is 0 Å². The molecule has 2 aromatic carbocycles. The molecule has 0 saturated carbocycles. The van der Waals surface area contributed by atoms with Crippen molar-refractivity contribution in [1.82, 2.24) is 0 Å². The zero-order valence-corrected chi connectivity index (χ0v) is 13.1. The first-order valence-corrected chi connectivity index (χ1v) is 8.96. The first-order chi connectivity index (χ1) is 9.71. The third kappa shape index (κ3) is 3.69. The Balaban J connectivity index is 2.35. The fourth-order valence-corrected chi connectivity index (χ4v) is 4.32. The quantitative estimate of drug-likeness (QED) is 0.866. The Labute approximate surface area is 124 Å². The van der Waals surface area contributed by atoms with Crippen LogP contribution >= 0.6 is 0 Å². The molecule has 112 valence electrons. The van der Waals surface area contributed by atoms with Crippen LogP contribution in [-0.4, -0.2) is 16.8 Å². The molecular weight excluding hydrogens is 310 g/mol. The maximum absolute atomic E-state index is 12.1. The molecule has 2 aromatic rings. The van der Waals surface area contributed by atoms with Gasteiger partial charge in [0.2, 0.25) is 0 Å². The lowest BCUT2D eigenvalue weighted by atomic mass is 10.2. The highest BCUT2D eigenvalue weighted by atomic mass is 32.3. The molecular formula is C14H14NO4S2-. The number of sulfonamides is 2. The SMILES string of the molecule is Cc1ccc(S(=O)(=O)[N-]S(=O)(=O)c2ccc(C)cc2)cc1. The minimum Gasteiger partial charge on any atom is -0.428 e. The lowest BCUT2D eigenvalue weighted by Crippen LogP contribution is -2.08. The van der Waals surface area contributed by atoms with Crippen LogP contribution in [0.25, 0.3) is 4.13 Å². The van der Waals surface area contributed by atoms with E-state index in [-0.39, 0.29) is 9.79 Å². The van der Waals surface area contributed by atoms with E-state index in [0.29, 0.717) is 0 Å². The van der Waals surface area contributed by atoms with Gasteiger partial charge in [0.15, 0.2) is 0 Å². The highest BCUT2D eigenvalue weighted by molar-refractivity contribution is 8.12. The second-order valence-corrected chi connectivity index (χ2v) is 8.09. The fraction of sp³-hybridized carbons (Fsp3) is 0.143. The molecule has 5 nitrogen and oxygen atoms in total. The average molecular weight is 324 g/mol. The van der Waals surface area contributed by atoms with Gasteiger partial charge in [-0.3, -0.25) is 0 Å². The number of aryl methyl sites for hydroxylation is 2. The molecule has 0 bridgehead atoms. The van der Waals surface area contributed by atoms with Crippen LogP contribution in [0.2, 0.25) is 0 Å². The van der Waals surface area contributed by atoms with Gasteiger partial charge in [-0.1, -0.05) is 35.4 Å². The molecule has 0 unspecified atom stereocenters. The van der Waals surface area contributed by atoms with E-state index in [2.05, 4.69) is 4.13 Å². The molecule has 21 heavy (non-hydrogen) atoms. The number of hydrogen-bond donors (Lipinski definition) is 0. The summed E-state index contributed by atoms with van der Waals surface area (Å²) in [6.07, 6.45) is 0. The zero-order valence-electron chi connectivity index (χ0n) is 11.5. The topological polar surface area (TPSA) is 82.4 Å². The van der Waals surface area contributed by atoms with Crippen molar-refractivity contribution >= 4 is 20.0 Å². The summed E-state index contributed by atoms with van der Waals surface area (Å²) >= 11 is 0. The van der Waals surface area contributed by atoms with E-state index in [4.69, 9.17) is 0 Å². The van der Waals surface area contributed by atoms with E-state index in [9.17, 15) is 16.8 Å². The van der Waals surface area contributed by atoms with Gasteiger partial charge >= 0.3 is 0 Å². The van der Waals surface area contributed by atoms with Crippen molar-refractivity contribution < 1.29 is 16.8 Å². The average Bonchev–Trinajstić information content (AvgIpc) is 2.38. The second kappa shape index (κ2) is 5.59. The van der Waals surface area contributed by atoms with E-state index >= 15 is 0 Å². The Hall–Kier alpha value is -1.70. The Bertz CT molecular complexity index is 763. The van der Waals surface area contributed by atoms with E-state index in [1.165, 1.54) is 24.3 Å². The monoisotopic (exact) mass is 324 g/mol. The summed E-state index contributed by atoms with van der Waals surface area (Å²) in [4.78, 5) is -0.299. The van der Waals surface area contributed by atoms with Gasteiger partial charge in [-0.15, -0.1) is 0 Å². The van der Waals surface area contributed by atoms with E-state index in [1.54, 1.807) is 38.1 Å². The minimum atomic E-state index is -4.26. The number of benzene rings is 2. The van der Waals surface area contributed by atoms with Crippen molar-refractivity contribution in [2.24, 2.45) is 0 Å². The Morgan fingerprint density at radius 1 is 0.619 bits per heavy atom. The van der Waals surface area contributed by atoms with Gasteiger partial charge in [-0.25, -0.2) is 16.8 Å². The summed E-state index contributed by atoms with van der Waals surface area (Å²) in [5.41, 5.74) is 1.74. The van der Waals surface area contributed by atoms with Gasteiger partial charge in [0.25, 0.3) is 0 Å². The van der Waals surface area contributed by atoms with Crippen LogP contribution in [0.1, 0.15) is 11.1 Å². The summed E-state index contributed by atoms with van der Waals surface area (Å²) in [5.74, 6) is 0.